The molecule has 9 nitrogen and oxygen atoms in total. The van der Waals surface area contributed by atoms with Crippen molar-refractivity contribution in [2.24, 2.45) is 0 Å². The molecule has 0 bridgehead atoms. The molecule has 0 fully saturated rings. The zero-order valence-electron chi connectivity index (χ0n) is 18.8. The topological polar surface area (TPSA) is 122 Å². The van der Waals surface area contributed by atoms with Gasteiger partial charge in [0.25, 0.3) is 21.8 Å². The van der Waals surface area contributed by atoms with Crippen molar-refractivity contribution in [2.45, 2.75) is 32.6 Å². The number of anilines is 3. The van der Waals surface area contributed by atoms with Crippen LogP contribution in [0.15, 0.2) is 62.6 Å². The molecule has 0 unspecified atom stereocenters. The summed E-state index contributed by atoms with van der Waals surface area (Å²) in [5.74, 6) is -1.20. The first kappa shape index (κ1) is 23.5. The van der Waals surface area contributed by atoms with Gasteiger partial charge in [0.05, 0.1) is 16.3 Å². The summed E-state index contributed by atoms with van der Waals surface area (Å²) in [6.45, 7) is 7.11. The number of amides is 2. The fourth-order valence-electron chi connectivity index (χ4n) is 3.44. The van der Waals surface area contributed by atoms with E-state index in [1.165, 1.54) is 24.3 Å². The molecule has 2 aromatic carbocycles. The van der Waals surface area contributed by atoms with Gasteiger partial charge in [-0.2, -0.15) is 0 Å². The summed E-state index contributed by atoms with van der Waals surface area (Å²) in [6.07, 6.45) is 0. The van der Waals surface area contributed by atoms with Crippen molar-refractivity contribution < 1.29 is 22.5 Å². The van der Waals surface area contributed by atoms with Crippen LogP contribution in [0.2, 0.25) is 0 Å². The second-order valence-corrected chi connectivity index (χ2v) is 9.96. The Balaban J connectivity index is 1.54. The smallest absolute Gasteiger partial charge is 0.283 e. The molecule has 11 heteroatoms. The number of rotatable bonds is 6. The van der Waals surface area contributed by atoms with Crippen molar-refractivity contribution in [1.82, 2.24) is 5.16 Å². The number of hydrogen-bond donors (Lipinski definition) is 2. The Morgan fingerprint density at radius 1 is 0.971 bits per heavy atom. The number of benzene rings is 2. The van der Waals surface area contributed by atoms with E-state index in [9.17, 15) is 18.0 Å². The molecule has 0 aliphatic carbocycles. The minimum Gasteiger partial charge on any atom is -0.350 e. The van der Waals surface area contributed by atoms with Gasteiger partial charge in [-0.05, 0) is 63.6 Å². The first-order valence-corrected chi connectivity index (χ1v) is 12.0. The number of carbonyl (C=O) groups excluding carboxylic acids is 2. The Kier molecular flexibility index (Phi) is 5.96. The normalized spacial score (nSPS) is 14.2. The summed E-state index contributed by atoms with van der Waals surface area (Å²) in [6, 6.07) is 11.0. The highest BCUT2D eigenvalue weighted by Gasteiger charge is 2.39. The van der Waals surface area contributed by atoms with Crippen LogP contribution in [0.3, 0.4) is 0 Å². The largest absolute Gasteiger partial charge is 0.350 e. The minimum atomic E-state index is -3.93. The molecule has 0 spiro atoms. The van der Waals surface area contributed by atoms with Crippen LogP contribution >= 0.6 is 11.6 Å². The molecule has 0 saturated carbocycles. The summed E-state index contributed by atoms with van der Waals surface area (Å²) >= 11 is 6.20. The molecule has 2 N–H and O–H groups in total. The van der Waals surface area contributed by atoms with Crippen LogP contribution in [0.25, 0.3) is 0 Å². The number of nitrogens with zero attached hydrogens (tertiary/aromatic N) is 2. The van der Waals surface area contributed by atoms with Crippen LogP contribution in [-0.4, -0.2) is 25.4 Å². The van der Waals surface area contributed by atoms with Crippen molar-refractivity contribution in [3.8, 4) is 0 Å². The molecule has 1 aromatic heterocycles. The number of aromatic nitrogens is 1. The third kappa shape index (κ3) is 4.17. The molecular formula is C23H21ClN4O5S. The van der Waals surface area contributed by atoms with Crippen molar-refractivity contribution in [2.75, 3.05) is 14.9 Å². The number of aryl methyl sites for hydroxylation is 3. The lowest BCUT2D eigenvalue weighted by Crippen LogP contribution is -2.32. The molecule has 34 heavy (non-hydrogen) atoms. The van der Waals surface area contributed by atoms with Gasteiger partial charge in [0.2, 0.25) is 5.88 Å². The lowest BCUT2D eigenvalue weighted by molar-refractivity contribution is -0.120. The van der Waals surface area contributed by atoms with Gasteiger partial charge in [-0.3, -0.25) is 9.59 Å². The van der Waals surface area contributed by atoms with Gasteiger partial charge < -0.3 is 9.84 Å². The van der Waals surface area contributed by atoms with E-state index in [0.29, 0.717) is 22.6 Å². The van der Waals surface area contributed by atoms with E-state index in [4.69, 9.17) is 16.1 Å². The Morgan fingerprint density at radius 3 is 2.24 bits per heavy atom. The van der Waals surface area contributed by atoms with Gasteiger partial charge >= 0.3 is 0 Å². The van der Waals surface area contributed by atoms with E-state index in [0.717, 1.165) is 16.0 Å². The summed E-state index contributed by atoms with van der Waals surface area (Å²) in [5.41, 5.74) is 3.65. The van der Waals surface area contributed by atoms with Crippen molar-refractivity contribution in [3.05, 3.63) is 75.6 Å². The quantitative estimate of drug-likeness (QED) is 0.487. The average Bonchev–Trinajstić information content (AvgIpc) is 3.20. The number of hydrogen-bond acceptors (Lipinski definition) is 7. The molecule has 3 aromatic rings. The molecule has 1 aliphatic rings. The van der Waals surface area contributed by atoms with E-state index >= 15 is 0 Å². The van der Waals surface area contributed by atoms with Gasteiger partial charge in [0, 0.05) is 11.3 Å². The van der Waals surface area contributed by atoms with Crippen molar-refractivity contribution in [3.63, 3.8) is 0 Å². The van der Waals surface area contributed by atoms with Crippen LogP contribution in [0.5, 0.6) is 0 Å². The van der Waals surface area contributed by atoms with Crippen molar-refractivity contribution in [1.29, 1.82) is 0 Å². The van der Waals surface area contributed by atoms with E-state index in [1.54, 1.807) is 32.9 Å². The standard InChI is InChI=1S/C23H21ClN4O5S/c1-12-5-10-18(13(2)11-12)28-22(29)19(24)20(23(28)30)25-16-6-8-17(9-7-16)34(31,32)27-21-14(3)15(4)26-33-21/h5-11,25,27H,1-4H3. The van der Waals surface area contributed by atoms with Crippen LogP contribution in [0.4, 0.5) is 17.3 Å². The Bertz CT molecular complexity index is 1460. The predicted octanol–water partition coefficient (Wildman–Crippen LogP) is 4.14. The van der Waals surface area contributed by atoms with Gasteiger partial charge in [-0.25, -0.2) is 18.0 Å². The number of nitrogens with one attached hydrogen (secondary N) is 2. The molecule has 1 aliphatic heterocycles. The van der Waals surface area contributed by atoms with Crippen LogP contribution in [0.1, 0.15) is 22.4 Å². The molecule has 4 rings (SSSR count). The molecular weight excluding hydrogens is 480 g/mol. The second-order valence-electron chi connectivity index (χ2n) is 7.90. The Morgan fingerprint density at radius 2 is 1.65 bits per heavy atom. The first-order valence-electron chi connectivity index (χ1n) is 10.2. The fraction of sp³-hybridized carbons (Fsp3) is 0.174. The van der Waals surface area contributed by atoms with Crippen LogP contribution in [0, 0.1) is 27.7 Å². The van der Waals surface area contributed by atoms with E-state index in [2.05, 4.69) is 15.2 Å². The monoisotopic (exact) mass is 500 g/mol. The molecule has 2 heterocycles. The number of sulfonamides is 1. The zero-order valence-corrected chi connectivity index (χ0v) is 20.3. The van der Waals surface area contributed by atoms with E-state index in [-0.39, 0.29) is 21.5 Å². The Hall–Kier alpha value is -3.63. The SMILES string of the molecule is Cc1ccc(N2C(=O)C(Cl)=C(Nc3ccc(S(=O)(=O)Nc4onc(C)c4C)cc3)C2=O)c(C)c1. The van der Waals surface area contributed by atoms with Gasteiger partial charge in [-0.1, -0.05) is 34.5 Å². The number of imide groups is 1. The number of carbonyl (C=O) groups is 2. The van der Waals surface area contributed by atoms with Crippen LogP contribution in [-0.2, 0) is 19.6 Å². The predicted molar refractivity (Wildman–Crippen MR) is 128 cm³/mol. The lowest BCUT2D eigenvalue weighted by atomic mass is 10.1. The Labute approximate surface area is 201 Å². The fourth-order valence-corrected chi connectivity index (χ4v) is 4.70. The summed E-state index contributed by atoms with van der Waals surface area (Å²) < 4.78 is 32.7. The maximum atomic E-state index is 13.0. The zero-order chi connectivity index (χ0) is 24.8. The summed E-state index contributed by atoms with van der Waals surface area (Å²) in [4.78, 5) is 26.7. The first-order chi connectivity index (χ1) is 16.0. The summed E-state index contributed by atoms with van der Waals surface area (Å²) in [5, 5.41) is 6.31. The van der Waals surface area contributed by atoms with E-state index in [1.807, 2.05) is 13.0 Å². The molecule has 176 valence electrons. The molecule has 2 amide bonds. The molecule has 0 atom stereocenters. The van der Waals surface area contributed by atoms with Gasteiger partial charge in [-0.15, -0.1) is 0 Å². The highest BCUT2D eigenvalue weighted by molar-refractivity contribution is 7.92. The third-order valence-electron chi connectivity index (χ3n) is 5.44. The highest BCUT2D eigenvalue weighted by atomic mass is 35.5. The van der Waals surface area contributed by atoms with E-state index < -0.39 is 21.8 Å². The lowest BCUT2D eigenvalue weighted by Gasteiger charge is -2.18. The maximum Gasteiger partial charge on any atom is 0.283 e. The van der Waals surface area contributed by atoms with Crippen LogP contribution < -0.4 is 14.9 Å². The van der Waals surface area contributed by atoms with Crippen molar-refractivity contribution >= 4 is 50.7 Å². The average molecular weight is 501 g/mol. The minimum absolute atomic E-state index is 0.0303. The maximum absolute atomic E-state index is 13.0. The highest BCUT2D eigenvalue weighted by Crippen LogP contribution is 2.32. The second kappa shape index (κ2) is 8.62. The number of halogens is 1. The molecule has 0 radical (unpaired) electrons. The van der Waals surface area contributed by atoms with Gasteiger partial charge in [0.1, 0.15) is 10.7 Å². The third-order valence-corrected chi connectivity index (χ3v) is 7.14. The molecule has 0 saturated heterocycles. The summed E-state index contributed by atoms with van der Waals surface area (Å²) in [7, 11) is -3.93. The van der Waals surface area contributed by atoms with Gasteiger partial charge in [0.15, 0.2) is 0 Å².